The van der Waals surface area contributed by atoms with E-state index in [1.54, 1.807) is 13.0 Å². The van der Waals surface area contributed by atoms with Crippen molar-refractivity contribution in [2.24, 2.45) is 5.92 Å². The van der Waals surface area contributed by atoms with Gasteiger partial charge in [-0.15, -0.1) is 0 Å². The molecule has 2 rings (SSSR count). The second-order valence-corrected chi connectivity index (χ2v) is 8.87. The van der Waals surface area contributed by atoms with Gasteiger partial charge in [-0.3, -0.25) is 19.4 Å². The molecule has 0 radical (unpaired) electrons. The quantitative estimate of drug-likeness (QED) is 0.441. The number of carbonyl (C=O) groups is 3. The molecule has 1 heterocycles. The molecule has 10 heteroatoms. The minimum Gasteiger partial charge on any atom is -0.369 e. The molecule has 0 saturated carbocycles. The Morgan fingerprint density at radius 2 is 2.00 bits per heavy atom. The predicted molar refractivity (Wildman–Crippen MR) is 138 cm³/mol. The zero-order valence-corrected chi connectivity index (χ0v) is 21.7. The minimum absolute atomic E-state index is 0.00826. The van der Waals surface area contributed by atoms with Crippen LogP contribution in [0.1, 0.15) is 50.0 Å². The number of benzene rings is 1. The number of halogens is 1. The number of carbonyl (C=O) groups excluding carboxylic acids is 3. The Labute approximate surface area is 216 Å². The average molecular weight is 514 g/mol. The van der Waals surface area contributed by atoms with E-state index in [1.807, 2.05) is 26.8 Å². The van der Waals surface area contributed by atoms with E-state index in [0.717, 1.165) is 0 Å². The summed E-state index contributed by atoms with van der Waals surface area (Å²) in [5.74, 6) is -0.793. The van der Waals surface area contributed by atoms with Crippen LogP contribution in [0.25, 0.3) is 0 Å². The number of likely N-dealkylation sites (N-methyl/N-ethyl adjacent to an activating group) is 2. The molecule has 1 aromatic rings. The molecule has 2 atom stereocenters. The van der Waals surface area contributed by atoms with Crippen molar-refractivity contribution in [1.29, 1.82) is 5.26 Å². The van der Waals surface area contributed by atoms with Gasteiger partial charge in [-0.2, -0.15) is 5.26 Å². The van der Waals surface area contributed by atoms with Crippen molar-refractivity contribution in [2.75, 3.05) is 13.1 Å². The van der Waals surface area contributed by atoms with Crippen molar-refractivity contribution in [1.82, 2.24) is 20.4 Å². The molecule has 0 aliphatic carbocycles. The highest BCUT2D eigenvalue weighted by Gasteiger charge is 2.35. The Balaban J connectivity index is 2.11. The van der Waals surface area contributed by atoms with Gasteiger partial charge in [0.15, 0.2) is 6.23 Å². The number of aliphatic hydroxyl groups excluding tert-OH is 1. The molecular formula is C26H32ClN5O4. The molecule has 1 aliphatic rings. The lowest BCUT2D eigenvalue weighted by atomic mass is 9.99. The number of allylic oxidation sites excluding steroid dienone is 1. The summed E-state index contributed by atoms with van der Waals surface area (Å²) in [4.78, 5) is 40.7. The molecule has 36 heavy (non-hydrogen) atoms. The fraction of sp³-hybridized carbons (Fsp3) is 0.385. The fourth-order valence-electron chi connectivity index (χ4n) is 3.77. The second kappa shape index (κ2) is 12.9. The first-order valence-corrected chi connectivity index (χ1v) is 12.1. The van der Waals surface area contributed by atoms with Crippen LogP contribution < -0.4 is 10.6 Å². The molecule has 3 N–H and O–H groups in total. The van der Waals surface area contributed by atoms with E-state index in [4.69, 9.17) is 16.9 Å². The van der Waals surface area contributed by atoms with Gasteiger partial charge in [-0.25, -0.2) is 4.79 Å². The molecular weight excluding hydrogens is 482 g/mol. The zero-order chi connectivity index (χ0) is 27.0. The van der Waals surface area contributed by atoms with Crippen LogP contribution in [-0.2, 0) is 4.79 Å². The lowest BCUT2D eigenvalue weighted by molar-refractivity contribution is -0.120. The Morgan fingerprint density at radius 3 is 2.53 bits per heavy atom. The minimum atomic E-state index is -1.17. The summed E-state index contributed by atoms with van der Waals surface area (Å²) >= 11 is 6.03. The SMILES string of the molecule is C=CC1=C(/C=C/NC(=O)C[C@H](NC(=O)c2ccc(C#N)c(Cl)c2)C(C)C)C(O)N(CC)C(=O)N1CC. The normalized spacial score (nSPS) is 16.8. The molecule has 192 valence electrons. The number of nitrogens with one attached hydrogen (secondary N) is 2. The molecule has 4 amide bonds. The molecule has 0 aromatic heterocycles. The summed E-state index contributed by atoms with van der Waals surface area (Å²) < 4.78 is 0. The van der Waals surface area contributed by atoms with Crippen molar-refractivity contribution < 1.29 is 19.5 Å². The highest BCUT2D eigenvalue weighted by atomic mass is 35.5. The van der Waals surface area contributed by atoms with E-state index in [-0.39, 0.29) is 40.4 Å². The van der Waals surface area contributed by atoms with E-state index in [1.165, 1.54) is 40.3 Å². The van der Waals surface area contributed by atoms with Gasteiger partial charge < -0.3 is 15.7 Å². The zero-order valence-electron chi connectivity index (χ0n) is 20.9. The van der Waals surface area contributed by atoms with Gasteiger partial charge in [0.1, 0.15) is 6.07 Å². The summed E-state index contributed by atoms with van der Waals surface area (Å²) in [5.41, 5.74) is 1.46. The van der Waals surface area contributed by atoms with Crippen LogP contribution in [0.15, 0.2) is 54.4 Å². The molecule has 0 bridgehead atoms. The van der Waals surface area contributed by atoms with Crippen molar-refractivity contribution in [3.63, 3.8) is 0 Å². The molecule has 1 aromatic carbocycles. The highest BCUT2D eigenvalue weighted by Crippen LogP contribution is 2.26. The average Bonchev–Trinajstić information content (AvgIpc) is 2.84. The topological polar surface area (TPSA) is 126 Å². The molecule has 1 unspecified atom stereocenters. The number of urea groups is 1. The van der Waals surface area contributed by atoms with Gasteiger partial charge in [0, 0.05) is 42.9 Å². The van der Waals surface area contributed by atoms with E-state index in [0.29, 0.717) is 24.4 Å². The Kier molecular flexibility index (Phi) is 10.3. The number of nitriles is 1. The van der Waals surface area contributed by atoms with E-state index in [2.05, 4.69) is 17.2 Å². The van der Waals surface area contributed by atoms with Crippen molar-refractivity contribution in [3.8, 4) is 6.07 Å². The first-order valence-electron chi connectivity index (χ1n) is 11.7. The van der Waals surface area contributed by atoms with Crippen LogP contribution in [0.5, 0.6) is 0 Å². The third-order valence-corrected chi connectivity index (χ3v) is 6.19. The molecule has 9 nitrogen and oxygen atoms in total. The smallest absolute Gasteiger partial charge is 0.326 e. The second-order valence-electron chi connectivity index (χ2n) is 8.47. The number of aliphatic hydroxyl groups is 1. The van der Waals surface area contributed by atoms with Crippen LogP contribution in [0.3, 0.4) is 0 Å². The van der Waals surface area contributed by atoms with Gasteiger partial charge >= 0.3 is 6.03 Å². The van der Waals surface area contributed by atoms with Crippen LogP contribution in [0, 0.1) is 17.2 Å². The monoisotopic (exact) mass is 513 g/mol. The van der Waals surface area contributed by atoms with Crippen LogP contribution in [-0.4, -0.2) is 58.1 Å². The summed E-state index contributed by atoms with van der Waals surface area (Å²) in [7, 11) is 0. The lowest BCUT2D eigenvalue weighted by Crippen LogP contribution is -2.52. The summed E-state index contributed by atoms with van der Waals surface area (Å²) in [6.07, 6.45) is 3.28. The summed E-state index contributed by atoms with van der Waals surface area (Å²) in [6.45, 7) is 11.8. The first-order chi connectivity index (χ1) is 17.1. The van der Waals surface area contributed by atoms with E-state index >= 15 is 0 Å². The Hall–Kier alpha value is -3.61. The van der Waals surface area contributed by atoms with Gasteiger partial charge in [-0.1, -0.05) is 32.0 Å². The third kappa shape index (κ3) is 6.53. The number of hydrogen-bond acceptors (Lipinski definition) is 5. The van der Waals surface area contributed by atoms with Crippen molar-refractivity contribution in [3.05, 3.63) is 70.5 Å². The number of hydrogen-bond donors (Lipinski definition) is 3. The van der Waals surface area contributed by atoms with E-state index in [9.17, 15) is 19.5 Å². The van der Waals surface area contributed by atoms with Crippen LogP contribution in [0.2, 0.25) is 5.02 Å². The van der Waals surface area contributed by atoms with Gasteiger partial charge in [0.25, 0.3) is 5.91 Å². The van der Waals surface area contributed by atoms with E-state index < -0.39 is 18.2 Å². The highest BCUT2D eigenvalue weighted by molar-refractivity contribution is 6.32. The van der Waals surface area contributed by atoms with Crippen LogP contribution in [0.4, 0.5) is 4.79 Å². The summed E-state index contributed by atoms with van der Waals surface area (Å²) in [6, 6.07) is 5.55. The number of amides is 4. The maximum atomic E-state index is 12.7. The lowest BCUT2D eigenvalue weighted by Gasteiger charge is -2.39. The van der Waals surface area contributed by atoms with Gasteiger partial charge in [0.2, 0.25) is 5.91 Å². The fourth-order valence-corrected chi connectivity index (χ4v) is 3.99. The molecule has 0 fully saturated rings. The van der Waals surface area contributed by atoms with Crippen LogP contribution >= 0.6 is 11.6 Å². The Morgan fingerprint density at radius 1 is 1.31 bits per heavy atom. The number of rotatable bonds is 10. The van der Waals surface area contributed by atoms with Gasteiger partial charge in [-0.05, 0) is 50.1 Å². The van der Waals surface area contributed by atoms with Crippen molar-refractivity contribution in [2.45, 2.75) is 46.4 Å². The van der Waals surface area contributed by atoms with Crippen molar-refractivity contribution >= 4 is 29.4 Å². The molecule has 1 aliphatic heterocycles. The maximum Gasteiger partial charge on any atom is 0.326 e. The Bertz CT molecular complexity index is 1120. The maximum absolute atomic E-state index is 12.7. The largest absolute Gasteiger partial charge is 0.369 e. The standard InChI is InChI=1S/C26H32ClN5O4/c1-6-22-19(25(35)32(8-3)26(36)31(22)7-2)11-12-29-23(33)14-21(16(4)5)30-24(34)17-9-10-18(15-28)20(27)13-17/h6,9-13,16,21,25,35H,1,7-8,14H2,2-5H3,(H,29,33)(H,30,34)/b12-11+/t21-,25?/m0/s1. The summed E-state index contributed by atoms with van der Waals surface area (Å²) in [5, 5.41) is 25.4. The molecule has 0 saturated heterocycles. The molecule has 0 spiro atoms. The number of nitrogens with zero attached hydrogens (tertiary/aromatic N) is 3. The first kappa shape index (κ1) is 28.6. The van der Waals surface area contributed by atoms with Gasteiger partial charge in [0.05, 0.1) is 16.3 Å². The third-order valence-electron chi connectivity index (χ3n) is 5.87. The predicted octanol–water partition coefficient (Wildman–Crippen LogP) is 3.52.